The molecule has 0 aliphatic rings. The van der Waals surface area contributed by atoms with Crippen LogP contribution in [0.5, 0.6) is 0 Å². The fourth-order valence-electron chi connectivity index (χ4n) is 2.74. The maximum atomic E-state index is 4.25. The highest BCUT2D eigenvalue weighted by atomic mass is 16.4. The van der Waals surface area contributed by atoms with Crippen molar-refractivity contribution in [3.8, 4) is 0 Å². The normalized spacial score (nSPS) is 10.2. The molecule has 0 saturated carbocycles. The Morgan fingerprint density at radius 1 is 0.542 bits per heavy atom. The minimum absolute atomic E-state index is 0.299. The van der Waals surface area contributed by atoms with Crippen LogP contribution in [0, 0.1) is 13.8 Å². The minimum Gasteiger partial charge on any atom is -0.388 e. The molecule has 0 spiro atoms. The van der Waals surface area contributed by atoms with Crippen molar-refractivity contribution in [1.82, 2.24) is 0 Å². The van der Waals surface area contributed by atoms with Crippen LogP contribution in [0.4, 0.5) is 0 Å². The van der Waals surface area contributed by atoms with Crippen LogP contribution in [0.15, 0.2) is 78.9 Å². The van der Waals surface area contributed by atoms with Crippen LogP contribution in [-0.2, 0) is 4.74 Å². The predicted molar refractivity (Wildman–Crippen MR) is 103 cm³/mol. The monoisotopic (exact) mass is 318 g/mol. The summed E-state index contributed by atoms with van der Waals surface area (Å²) in [7, 11) is 3.25. The van der Waals surface area contributed by atoms with Crippen molar-refractivity contribution in [3.05, 3.63) is 107 Å². The van der Waals surface area contributed by atoms with Crippen molar-refractivity contribution in [2.75, 3.05) is 14.2 Å². The Morgan fingerprint density at radius 2 is 0.875 bits per heavy atom. The maximum Gasteiger partial charge on any atom is 0.0351 e. The van der Waals surface area contributed by atoms with E-state index in [4.69, 9.17) is 0 Å². The summed E-state index contributed by atoms with van der Waals surface area (Å²) >= 11 is 0. The molecule has 3 aromatic rings. The lowest BCUT2D eigenvalue weighted by atomic mass is 9.85. The van der Waals surface area contributed by atoms with Crippen molar-refractivity contribution < 1.29 is 4.74 Å². The first-order valence-electron chi connectivity index (χ1n) is 8.24. The number of hydrogen-bond acceptors (Lipinski definition) is 1. The van der Waals surface area contributed by atoms with Gasteiger partial charge in [0, 0.05) is 20.1 Å². The van der Waals surface area contributed by atoms with Gasteiger partial charge in [0.25, 0.3) is 0 Å². The minimum atomic E-state index is 0.299. The summed E-state index contributed by atoms with van der Waals surface area (Å²) in [6.07, 6.45) is 0. The van der Waals surface area contributed by atoms with Gasteiger partial charge in [-0.2, -0.15) is 0 Å². The number of methoxy groups -OCH3 is 1. The molecule has 0 N–H and O–H groups in total. The van der Waals surface area contributed by atoms with Crippen LogP contribution in [0.25, 0.3) is 0 Å². The van der Waals surface area contributed by atoms with E-state index in [1.54, 1.807) is 14.2 Å². The van der Waals surface area contributed by atoms with E-state index in [9.17, 15) is 0 Å². The molecule has 0 aliphatic carbocycles. The summed E-state index contributed by atoms with van der Waals surface area (Å²) in [6.45, 7) is 4.26. The van der Waals surface area contributed by atoms with E-state index in [-0.39, 0.29) is 0 Å². The number of ether oxygens (including phenoxy) is 1. The van der Waals surface area contributed by atoms with Crippen LogP contribution >= 0.6 is 0 Å². The van der Waals surface area contributed by atoms with Crippen molar-refractivity contribution in [1.29, 1.82) is 0 Å². The molecule has 24 heavy (non-hydrogen) atoms. The number of benzene rings is 3. The average molecular weight is 318 g/mol. The highest BCUT2D eigenvalue weighted by Gasteiger charge is 2.16. The SMILES string of the molecule is COC.Cc1ccc(C(c2ccccc2)c2ccc(C)cc2)cc1. The summed E-state index contributed by atoms with van der Waals surface area (Å²) < 4.78 is 4.25. The average Bonchev–Trinajstić information content (AvgIpc) is 2.60. The van der Waals surface area contributed by atoms with Gasteiger partial charge < -0.3 is 4.74 Å². The van der Waals surface area contributed by atoms with Gasteiger partial charge in [-0.1, -0.05) is 90.0 Å². The smallest absolute Gasteiger partial charge is 0.0351 e. The molecule has 1 nitrogen and oxygen atoms in total. The second-order valence-electron chi connectivity index (χ2n) is 6.07. The second-order valence-corrected chi connectivity index (χ2v) is 6.07. The maximum absolute atomic E-state index is 4.25. The first kappa shape index (κ1) is 18.0. The molecule has 3 aromatic carbocycles. The Balaban J connectivity index is 0.000000647. The summed E-state index contributed by atoms with van der Waals surface area (Å²) in [5.41, 5.74) is 6.63. The Labute approximate surface area is 145 Å². The predicted octanol–water partition coefficient (Wildman–Crippen LogP) is 5.75. The fourth-order valence-corrected chi connectivity index (χ4v) is 2.74. The first-order valence-corrected chi connectivity index (χ1v) is 8.24. The third-order valence-corrected chi connectivity index (χ3v) is 3.95. The lowest BCUT2D eigenvalue weighted by molar-refractivity contribution is 0.277. The van der Waals surface area contributed by atoms with Crippen LogP contribution in [0.3, 0.4) is 0 Å². The van der Waals surface area contributed by atoms with E-state index in [1.165, 1.54) is 27.8 Å². The zero-order valence-corrected chi connectivity index (χ0v) is 15.0. The summed E-state index contributed by atoms with van der Waals surface area (Å²) in [5.74, 6) is 0.299. The first-order chi connectivity index (χ1) is 11.7. The van der Waals surface area contributed by atoms with E-state index < -0.39 is 0 Å². The lowest BCUT2D eigenvalue weighted by Gasteiger charge is -2.19. The van der Waals surface area contributed by atoms with Gasteiger partial charge in [-0.3, -0.25) is 0 Å². The summed E-state index contributed by atoms with van der Waals surface area (Å²) in [4.78, 5) is 0. The molecule has 0 aromatic heterocycles. The highest BCUT2D eigenvalue weighted by molar-refractivity contribution is 5.44. The molecule has 0 saturated heterocycles. The molecule has 0 radical (unpaired) electrons. The van der Waals surface area contributed by atoms with Gasteiger partial charge in [0.1, 0.15) is 0 Å². The molecule has 1 heteroatoms. The Hall–Kier alpha value is -2.38. The van der Waals surface area contributed by atoms with E-state index in [1.807, 2.05) is 0 Å². The molecule has 0 atom stereocenters. The molecular weight excluding hydrogens is 292 g/mol. The molecular formula is C23H26O. The zero-order valence-electron chi connectivity index (χ0n) is 15.0. The van der Waals surface area contributed by atoms with E-state index in [0.29, 0.717) is 5.92 Å². The van der Waals surface area contributed by atoms with Gasteiger partial charge >= 0.3 is 0 Å². The van der Waals surface area contributed by atoms with Gasteiger partial charge in [-0.25, -0.2) is 0 Å². The molecule has 3 rings (SSSR count). The second kappa shape index (κ2) is 9.05. The molecule has 0 aliphatic heterocycles. The number of aryl methyl sites for hydroxylation is 2. The van der Waals surface area contributed by atoms with E-state index in [0.717, 1.165) is 0 Å². The fraction of sp³-hybridized carbons (Fsp3) is 0.217. The van der Waals surface area contributed by atoms with Crippen LogP contribution in [-0.4, -0.2) is 14.2 Å². The van der Waals surface area contributed by atoms with Crippen LogP contribution in [0.1, 0.15) is 33.7 Å². The van der Waals surface area contributed by atoms with Gasteiger partial charge in [0.05, 0.1) is 0 Å². The molecule has 0 amide bonds. The number of hydrogen-bond donors (Lipinski definition) is 0. The lowest BCUT2D eigenvalue weighted by Crippen LogP contribution is -2.03. The van der Waals surface area contributed by atoms with Gasteiger partial charge in [0.15, 0.2) is 0 Å². The van der Waals surface area contributed by atoms with Crippen molar-refractivity contribution >= 4 is 0 Å². The zero-order chi connectivity index (χ0) is 17.4. The summed E-state index contributed by atoms with van der Waals surface area (Å²) in [6, 6.07) is 28.5. The van der Waals surface area contributed by atoms with Crippen LogP contribution in [0.2, 0.25) is 0 Å². The van der Waals surface area contributed by atoms with Gasteiger partial charge in [-0.05, 0) is 30.5 Å². The topological polar surface area (TPSA) is 9.23 Å². The third kappa shape index (κ3) is 4.81. The van der Waals surface area contributed by atoms with Crippen LogP contribution < -0.4 is 0 Å². The quantitative estimate of drug-likeness (QED) is 0.559. The number of rotatable bonds is 3. The molecule has 0 fully saturated rings. The van der Waals surface area contributed by atoms with Crippen molar-refractivity contribution in [2.24, 2.45) is 0 Å². The van der Waals surface area contributed by atoms with E-state index >= 15 is 0 Å². The Bertz CT molecular complexity index is 667. The Kier molecular flexibility index (Phi) is 6.77. The standard InChI is InChI=1S/C21H20.C2H6O/c1-16-8-12-19(13-9-16)21(18-6-4-3-5-7-18)20-14-10-17(2)11-15-20;1-3-2/h3-15,21H,1-2H3;1-2H3. The largest absolute Gasteiger partial charge is 0.388 e. The molecule has 0 unspecified atom stereocenters. The van der Waals surface area contributed by atoms with Crippen molar-refractivity contribution in [3.63, 3.8) is 0 Å². The highest BCUT2D eigenvalue weighted by Crippen LogP contribution is 2.32. The molecule has 0 bridgehead atoms. The van der Waals surface area contributed by atoms with Gasteiger partial charge in [0.2, 0.25) is 0 Å². The summed E-state index contributed by atoms with van der Waals surface area (Å²) in [5, 5.41) is 0. The third-order valence-electron chi connectivity index (χ3n) is 3.95. The Morgan fingerprint density at radius 3 is 1.25 bits per heavy atom. The van der Waals surface area contributed by atoms with E-state index in [2.05, 4.69) is 97.4 Å². The molecule has 0 heterocycles. The molecule has 124 valence electrons. The van der Waals surface area contributed by atoms with Gasteiger partial charge in [-0.15, -0.1) is 0 Å². The van der Waals surface area contributed by atoms with Crippen molar-refractivity contribution in [2.45, 2.75) is 19.8 Å².